The maximum Gasteiger partial charge on any atom is 0.225 e. The summed E-state index contributed by atoms with van der Waals surface area (Å²) in [6.45, 7) is 4.25. The molecule has 102 valence electrons. The van der Waals surface area contributed by atoms with Crippen molar-refractivity contribution in [3.05, 3.63) is 53.3 Å². The van der Waals surface area contributed by atoms with Gasteiger partial charge in [0.2, 0.25) is 5.95 Å². The van der Waals surface area contributed by atoms with E-state index >= 15 is 0 Å². The zero-order chi connectivity index (χ0) is 13.8. The van der Waals surface area contributed by atoms with Crippen LogP contribution in [0.4, 0.5) is 5.95 Å². The third-order valence-electron chi connectivity index (χ3n) is 3.54. The van der Waals surface area contributed by atoms with Gasteiger partial charge in [-0.2, -0.15) is 0 Å². The first-order chi connectivity index (χ1) is 9.81. The Morgan fingerprint density at radius 3 is 2.75 bits per heavy atom. The summed E-state index contributed by atoms with van der Waals surface area (Å²) in [5.74, 6) is 0.855. The third-order valence-corrected chi connectivity index (χ3v) is 3.54. The van der Waals surface area contributed by atoms with E-state index in [1.807, 2.05) is 12.3 Å². The van der Waals surface area contributed by atoms with Crippen LogP contribution < -0.4 is 4.90 Å². The smallest absolute Gasteiger partial charge is 0.225 e. The number of aryl methyl sites for hydroxylation is 1. The van der Waals surface area contributed by atoms with Crippen LogP contribution in [0.25, 0.3) is 12.2 Å². The molecule has 1 saturated heterocycles. The van der Waals surface area contributed by atoms with E-state index in [1.54, 1.807) is 0 Å². The van der Waals surface area contributed by atoms with Gasteiger partial charge in [0.15, 0.2) is 0 Å². The van der Waals surface area contributed by atoms with E-state index in [4.69, 9.17) is 0 Å². The molecule has 1 aliphatic rings. The van der Waals surface area contributed by atoms with Crippen LogP contribution in [0.15, 0.2) is 36.5 Å². The van der Waals surface area contributed by atoms with Crippen molar-refractivity contribution in [1.29, 1.82) is 0 Å². The van der Waals surface area contributed by atoms with E-state index in [0.29, 0.717) is 0 Å². The minimum absolute atomic E-state index is 0.855. The zero-order valence-corrected chi connectivity index (χ0v) is 11.8. The Labute approximate surface area is 120 Å². The topological polar surface area (TPSA) is 29.0 Å². The number of hydrogen-bond acceptors (Lipinski definition) is 3. The second-order valence-electron chi connectivity index (χ2n) is 5.22. The van der Waals surface area contributed by atoms with E-state index in [9.17, 15) is 0 Å². The highest BCUT2D eigenvalue weighted by molar-refractivity contribution is 5.68. The Balaban J connectivity index is 1.78. The lowest BCUT2D eigenvalue weighted by molar-refractivity contribution is 0.896. The Morgan fingerprint density at radius 2 is 1.95 bits per heavy atom. The van der Waals surface area contributed by atoms with Gasteiger partial charge in [-0.1, -0.05) is 35.9 Å². The van der Waals surface area contributed by atoms with Gasteiger partial charge >= 0.3 is 0 Å². The van der Waals surface area contributed by atoms with E-state index in [2.05, 4.69) is 58.2 Å². The number of aromatic nitrogens is 2. The van der Waals surface area contributed by atoms with Gasteiger partial charge in [-0.3, -0.25) is 0 Å². The predicted octanol–water partition coefficient (Wildman–Crippen LogP) is 3.56. The van der Waals surface area contributed by atoms with Gasteiger partial charge in [-0.15, -0.1) is 0 Å². The average Bonchev–Trinajstić information content (AvgIpc) is 3.00. The van der Waals surface area contributed by atoms with Crippen molar-refractivity contribution in [3.63, 3.8) is 0 Å². The van der Waals surface area contributed by atoms with Crippen molar-refractivity contribution in [2.45, 2.75) is 19.8 Å². The zero-order valence-electron chi connectivity index (χ0n) is 11.8. The monoisotopic (exact) mass is 265 g/mol. The highest BCUT2D eigenvalue weighted by atomic mass is 15.3. The fourth-order valence-electron chi connectivity index (χ4n) is 2.48. The summed E-state index contributed by atoms with van der Waals surface area (Å²) >= 11 is 0. The van der Waals surface area contributed by atoms with E-state index < -0.39 is 0 Å². The van der Waals surface area contributed by atoms with Crippen LogP contribution in [-0.4, -0.2) is 23.1 Å². The summed E-state index contributed by atoms with van der Waals surface area (Å²) in [5.41, 5.74) is 3.43. The summed E-state index contributed by atoms with van der Waals surface area (Å²) < 4.78 is 0. The molecule has 0 atom stereocenters. The van der Waals surface area contributed by atoms with Crippen molar-refractivity contribution in [2.24, 2.45) is 0 Å². The molecule has 2 heterocycles. The standard InChI is InChI=1S/C17H19N3/c1-14-5-4-6-15(13-14)7-8-16-9-10-18-17(19-16)20-11-2-3-12-20/h4-10,13H,2-3,11-12H2,1H3/b8-7+. The molecule has 0 unspecified atom stereocenters. The molecule has 2 aromatic rings. The maximum atomic E-state index is 4.62. The van der Waals surface area contributed by atoms with Crippen LogP contribution in [0.1, 0.15) is 29.7 Å². The molecule has 3 nitrogen and oxygen atoms in total. The van der Waals surface area contributed by atoms with Gasteiger partial charge in [-0.05, 0) is 37.5 Å². The fraction of sp³-hybridized carbons (Fsp3) is 0.294. The number of benzene rings is 1. The Morgan fingerprint density at radius 1 is 1.10 bits per heavy atom. The van der Waals surface area contributed by atoms with E-state index in [0.717, 1.165) is 24.7 Å². The van der Waals surface area contributed by atoms with Gasteiger partial charge in [0.25, 0.3) is 0 Å². The molecule has 3 rings (SSSR count). The maximum absolute atomic E-state index is 4.62. The van der Waals surface area contributed by atoms with Gasteiger partial charge < -0.3 is 4.90 Å². The van der Waals surface area contributed by atoms with Crippen molar-refractivity contribution in [3.8, 4) is 0 Å². The number of anilines is 1. The Bertz CT molecular complexity index is 613. The molecule has 0 bridgehead atoms. The van der Waals surface area contributed by atoms with Crippen LogP contribution in [0.2, 0.25) is 0 Å². The first-order valence-corrected chi connectivity index (χ1v) is 7.14. The molecule has 1 fully saturated rings. The first kappa shape index (κ1) is 12.9. The van der Waals surface area contributed by atoms with Crippen molar-refractivity contribution in [2.75, 3.05) is 18.0 Å². The van der Waals surface area contributed by atoms with Crippen LogP contribution in [0.3, 0.4) is 0 Å². The van der Waals surface area contributed by atoms with Crippen LogP contribution in [0.5, 0.6) is 0 Å². The van der Waals surface area contributed by atoms with Crippen molar-refractivity contribution >= 4 is 18.1 Å². The van der Waals surface area contributed by atoms with Crippen LogP contribution in [0, 0.1) is 6.92 Å². The first-order valence-electron chi connectivity index (χ1n) is 7.14. The Kier molecular flexibility index (Phi) is 3.77. The molecule has 0 radical (unpaired) electrons. The lowest BCUT2D eigenvalue weighted by atomic mass is 10.1. The summed E-state index contributed by atoms with van der Waals surface area (Å²) in [4.78, 5) is 11.2. The molecule has 0 spiro atoms. The molecular weight excluding hydrogens is 246 g/mol. The molecule has 1 aliphatic heterocycles. The summed E-state index contributed by atoms with van der Waals surface area (Å²) in [5, 5.41) is 0. The number of hydrogen-bond donors (Lipinski definition) is 0. The summed E-state index contributed by atoms with van der Waals surface area (Å²) in [7, 11) is 0. The normalized spacial score (nSPS) is 15.2. The summed E-state index contributed by atoms with van der Waals surface area (Å²) in [6.07, 6.45) is 8.48. The molecule has 0 amide bonds. The molecule has 0 N–H and O–H groups in total. The second kappa shape index (κ2) is 5.87. The highest BCUT2D eigenvalue weighted by Crippen LogP contribution is 2.16. The van der Waals surface area contributed by atoms with Crippen molar-refractivity contribution < 1.29 is 0 Å². The molecular formula is C17H19N3. The van der Waals surface area contributed by atoms with Gasteiger partial charge in [-0.25, -0.2) is 9.97 Å². The second-order valence-corrected chi connectivity index (χ2v) is 5.22. The minimum Gasteiger partial charge on any atom is -0.341 e. The Hall–Kier alpha value is -2.16. The predicted molar refractivity (Wildman–Crippen MR) is 83.6 cm³/mol. The average molecular weight is 265 g/mol. The van der Waals surface area contributed by atoms with Crippen molar-refractivity contribution in [1.82, 2.24) is 9.97 Å². The quantitative estimate of drug-likeness (QED) is 0.849. The van der Waals surface area contributed by atoms with Crippen LogP contribution >= 0.6 is 0 Å². The molecule has 1 aromatic carbocycles. The highest BCUT2D eigenvalue weighted by Gasteiger charge is 2.14. The third kappa shape index (κ3) is 3.05. The number of rotatable bonds is 3. The lowest BCUT2D eigenvalue weighted by Gasteiger charge is -2.14. The lowest BCUT2D eigenvalue weighted by Crippen LogP contribution is -2.20. The van der Waals surface area contributed by atoms with E-state index in [-0.39, 0.29) is 0 Å². The van der Waals surface area contributed by atoms with Crippen LogP contribution in [-0.2, 0) is 0 Å². The number of nitrogens with zero attached hydrogens (tertiary/aromatic N) is 3. The molecule has 1 aromatic heterocycles. The summed E-state index contributed by atoms with van der Waals surface area (Å²) in [6, 6.07) is 10.4. The van der Waals surface area contributed by atoms with E-state index in [1.165, 1.54) is 24.0 Å². The minimum atomic E-state index is 0.855. The molecule has 0 aliphatic carbocycles. The SMILES string of the molecule is Cc1cccc(/C=C/c2ccnc(N3CCCC3)n2)c1. The molecule has 20 heavy (non-hydrogen) atoms. The van der Waals surface area contributed by atoms with Gasteiger partial charge in [0, 0.05) is 19.3 Å². The molecule has 3 heteroatoms. The van der Waals surface area contributed by atoms with Gasteiger partial charge in [0.05, 0.1) is 5.69 Å². The largest absolute Gasteiger partial charge is 0.341 e. The molecule has 0 saturated carbocycles. The fourth-order valence-corrected chi connectivity index (χ4v) is 2.48. The van der Waals surface area contributed by atoms with Gasteiger partial charge in [0.1, 0.15) is 0 Å².